The zero-order chi connectivity index (χ0) is 7.98. The van der Waals surface area contributed by atoms with Crippen LogP contribution in [-0.2, 0) is 0 Å². The number of aliphatic hydroxyl groups is 1. The topological polar surface area (TPSA) is 32.3 Å². The second-order valence-electron chi connectivity index (χ2n) is 2.09. The highest BCUT2D eigenvalue weighted by Crippen LogP contribution is 1.92. The van der Waals surface area contributed by atoms with E-state index in [1.165, 1.54) is 0 Å². The fraction of sp³-hybridized carbons (Fsp3) is 1.00. The van der Waals surface area contributed by atoms with Crippen molar-refractivity contribution >= 4 is 0 Å². The zero-order valence-electron chi connectivity index (χ0n) is 5.98. The van der Waals surface area contributed by atoms with Gasteiger partial charge < -0.3 is 10.4 Å². The molecule has 0 spiro atoms. The Labute approximate surface area is 59.2 Å². The van der Waals surface area contributed by atoms with Crippen LogP contribution in [0, 0.1) is 0 Å². The maximum atomic E-state index is 11.5. The van der Waals surface area contributed by atoms with Crippen molar-refractivity contribution in [2.75, 3.05) is 13.2 Å². The molecule has 0 radical (unpaired) electrons. The van der Waals surface area contributed by atoms with Gasteiger partial charge in [-0.3, -0.25) is 0 Å². The van der Waals surface area contributed by atoms with Crippen molar-refractivity contribution in [3.05, 3.63) is 0 Å². The smallest absolute Gasteiger partial charge is 0.250 e. The van der Waals surface area contributed by atoms with Gasteiger partial charge in [0.25, 0.3) is 6.43 Å². The highest BCUT2D eigenvalue weighted by Gasteiger charge is 2.06. The van der Waals surface area contributed by atoms with Crippen LogP contribution in [0.3, 0.4) is 0 Å². The van der Waals surface area contributed by atoms with Crippen LogP contribution >= 0.6 is 0 Å². The van der Waals surface area contributed by atoms with Crippen LogP contribution < -0.4 is 5.32 Å². The minimum Gasteiger partial charge on any atom is -0.395 e. The first-order valence-corrected chi connectivity index (χ1v) is 3.33. The summed E-state index contributed by atoms with van der Waals surface area (Å²) in [5.41, 5.74) is 0. The van der Waals surface area contributed by atoms with Crippen molar-refractivity contribution in [3.63, 3.8) is 0 Å². The Bertz CT molecular complexity index is 76.1. The van der Waals surface area contributed by atoms with Crippen LogP contribution in [-0.4, -0.2) is 30.7 Å². The molecule has 0 aromatic rings. The molecule has 62 valence electrons. The predicted octanol–water partition coefficient (Wildman–Crippen LogP) is 0.612. The van der Waals surface area contributed by atoms with E-state index in [1.807, 2.05) is 6.92 Å². The van der Waals surface area contributed by atoms with Crippen LogP contribution in [0.5, 0.6) is 0 Å². The van der Waals surface area contributed by atoms with E-state index in [0.717, 1.165) is 0 Å². The lowest BCUT2D eigenvalue weighted by Crippen LogP contribution is -2.35. The first-order chi connectivity index (χ1) is 4.70. The van der Waals surface area contributed by atoms with Crippen molar-refractivity contribution in [2.45, 2.75) is 25.8 Å². The standard InChI is InChI=1S/C6H13F2NO/c1-2-5(4-10)9-3-6(7)8/h5-6,9-10H,2-4H2,1H3. The lowest BCUT2D eigenvalue weighted by molar-refractivity contribution is 0.132. The number of alkyl halides is 2. The molecule has 0 aromatic carbocycles. The summed E-state index contributed by atoms with van der Waals surface area (Å²) in [6, 6.07) is -0.186. The third-order valence-electron chi connectivity index (χ3n) is 1.27. The van der Waals surface area contributed by atoms with E-state index in [9.17, 15) is 8.78 Å². The molecule has 0 fully saturated rings. The molecule has 0 rings (SSSR count). The highest BCUT2D eigenvalue weighted by molar-refractivity contribution is 4.62. The van der Waals surface area contributed by atoms with Crippen LogP contribution in [0.15, 0.2) is 0 Å². The third-order valence-corrected chi connectivity index (χ3v) is 1.27. The summed E-state index contributed by atoms with van der Waals surface area (Å²) >= 11 is 0. The molecule has 0 aromatic heterocycles. The number of nitrogens with one attached hydrogen (secondary N) is 1. The van der Waals surface area contributed by atoms with Gasteiger partial charge in [-0.05, 0) is 6.42 Å². The Morgan fingerprint density at radius 3 is 2.40 bits per heavy atom. The summed E-state index contributed by atoms with van der Waals surface area (Å²) in [5.74, 6) is 0. The van der Waals surface area contributed by atoms with Crippen LogP contribution in [0.25, 0.3) is 0 Å². The third kappa shape index (κ3) is 4.64. The van der Waals surface area contributed by atoms with Gasteiger partial charge in [0.1, 0.15) is 0 Å². The van der Waals surface area contributed by atoms with E-state index < -0.39 is 6.43 Å². The molecule has 0 saturated carbocycles. The molecule has 10 heavy (non-hydrogen) atoms. The monoisotopic (exact) mass is 153 g/mol. The first kappa shape index (κ1) is 9.78. The summed E-state index contributed by atoms with van der Waals surface area (Å²) in [6.07, 6.45) is -1.66. The molecule has 1 unspecified atom stereocenters. The minimum absolute atomic E-state index is 0.0801. The molecule has 0 aliphatic carbocycles. The Kier molecular flexibility index (Phi) is 5.43. The largest absolute Gasteiger partial charge is 0.395 e. The summed E-state index contributed by atoms with van der Waals surface area (Å²) in [4.78, 5) is 0. The molecule has 2 N–H and O–H groups in total. The van der Waals surface area contributed by atoms with Gasteiger partial charge in [-0.15, -0.1) is 0 Å². The number of rotatable bonds is 5. The van der Waals surface area contributed by atoms with Crippen molar-refractivity contribution in [2.24, 2.45) is 0 Å². The van der Waals surface area contributed by atoms with Gasteiger partial charge in [-0.25, -0.2) is 8.78 Å². The van der Waals surface area contributed by atoms with Gasteiger partial charge >= 0.3 is 0 Å². The van der Waals surface area contributed by atoms with E-state index in [-0.39, 0.29) is 19.2 Å². The Hall–Kier alpha value is -0.220. The summed E-state index contributed by atoms with van der Waals surface area (Å²) in [6.45, 7) is 1.42. The molecule has 0 aliphatic heterocycles. The van der Waals surface area contributed by atoms with Crippen LogP contribution in [0.1, 0.15) is 13.3 Å². The van der Waals surface area contributed by atoms with Crippen molar-refractivity contribution in [1.29, 1.82) is 0 Å². The molecule has 0 bridgehead atoms. The van der Waals surface area contributed by atoms with Crippen molar-refractivity contribution in [3.8, 4) is 0 Å². The minimum atomic E-state index is -2.33. The lowest BCUT2D eigenvalue weighted by Gasteiger charge is -2.12. The summed E-state index contributed by atoms with van der Waals surface area (Å²) in [5, 5.41) is 11.1. The molecule has 1 atom stereocenters. The Morgan fingerprint density at radius 1 is 1.50 bits per heavy atom. The van der Waals surface area contributed by atoms with Gasteiger partial charge in [-0.1, -0.05) is 6.92 Å². The van der Waals surface area contributed by atoms with Crippen molar-refractivity contribution in [1.82, 2.24) is 5.32 Å². The number of hydrogen-bond donors (Lipinski definition) is 2. The Balaban J connectivity index is 3.26. The first-order valence-electron chi connectivity index (χ1n) is 3.33. The average molecular weight is 153 g/mol. The van der Waals surface area contributed by atoms with E-state index in [0.29, 0.717) is 6.42 Å². The average Bonchev–Trinajstić information content (AvgIpc) is 1.90. The number of halogens is 2. The molecule has 4 heteroatoms. The van der Waals surface area contributed by atoms with Gasteiger partial charge in [-0.2, -0.15) is 0 Å². The second kappa shape index (κ2) is 5.56. The maximum Gasteiger partial charge on any atom is 0.250 e. The normalized spacial score (nSPS) is 14.1. The quantitative estimate of drug-likeness (QED) is 0.606. The summed E-state index contributed by atoms with van der Waals surface area (Å²) in [7, 11) is 0. The van der Waals surface area contributed by atoms with Gasteiger partial charge in [0.05, 0.1) is 13.2 Å². The SMILES string of the molecule is CCC(CO)NCC(F)F. The molecule has 0 amide bonds. The molecule has 0 heterocycles. The highest BCUT2D eigenvalue weighted by atomic mass is 19.3. The molecule has 2 nitrogen and oxygen atoms in total. The van der Waals surface area contributed by atoms with Gasteiger partial charge in [0.2, 0.25) is 0 Å². The van der Waals surface area contributed by atoms with E-state index in [1.54, 1.807) is 0 Å². The van der Waals surface area contributed by atoms with Crippen LogP contribution in [0.4, 0.5) is 8.78 Å². The fourth-order valence-corrected chi connectivity index (χ4v) is 0.594. The molecule has 0 aliphatic rings. The van der Waals surface area contributed by atoms with Crippen LogP contribution in [0.2, 0.25) is 0 Å². The lowest BCUT2D eigenvalue weighted by atomic mass is 10.2. The second-order valence-corrected chi connectivity index (χ2v) is 2.09. The predicted molar refractivity (Wildman–Crippen MR) is 35.2 cm³/mol. The van der Waals surface area contributed by atoms with Gasteiger partial charge in [0, 0.05) is 6.04 Å². The number of aliphatic hydroxyl groups excluding tert-OH is 1. The van der Waals surface area contributed by atoms with E-state index in [2.05, 4.69) is 5.32 Å². The Morgan fingerprint density at radius 2 is 2.10 bits per heavy atom. The molecular formula is C6H13F2NO. The fourth-order valence-electron chi connectivity index (χ4n) is 0.594. The van der Waals surface area contributed by atoms with Gasteiger partial charge in [0.15, 0.2) is 0 Å². The van der Waals surface area contributed by atoms with E-state index in [4.69, 9.17) is 5.11 Å². The molecule has 0 saturated heterocycles. The zero-order valence-corrected chi connectivity index (χ0v) is 5.98. The van der Waals surface area contributed by atoms with E-state index >= 15 is 0 Å². The molecular weight excluding hydrogens is 140 g/mol. The number of hydrogen-bond acceptors (Lipinski definition) is 2. The van der Waals surface area contributed by atoms with Crippen molar-refractivity contribution < 1.29 is 13.9 Å². The summed E-state index contributed by atoms with van der Waals surface area (Å²) < 4.78 is 23.0. The maximum absolute atomic E-state index is 11.5.